The number of nitrogens with zero attached hydrogens (tertiary/aromatic N) is 1. The molecule has 0 N–H and O–H groups in total. The molecule has 0 saturated heterocycles. The molecule has 4 rings (SSSR count). The number of hydrogen-bond acceptors (Lipinski definition) is 5. The summed E-state index contributed by atoms with van der Waals surface area (Å²) in [5.74, 6) is 1.19. The molecule has 0 aliphatic heterocycles. The minimum absolute atomic E-state index is 0.106. The molecule has 0 atom stereocenters. The number of ether oxygens (including phenoxy) is 1. The molecule has 0 saturated carbocycles. The third-order valence-corrected chi connectivity index (χ3v) is 5.14. The first-order valence-corrected chi connectivity index (χ1v) is 9.63. The van der Waals surface area contributed by atoms with Gasteiger partial charge in [0, 0.05) is 12.3 Å². The normalized spacial score (nSPS) is 11.3. The van der Waals surface area contributed by atoms with Crippen LogP contribution in [0.5, 0.6) is 17.4 Å². The molecule has 0 aliphatic carbocycles. The van der Waals surface area contributed by atoms with Crippen LogP contribution in [0.25, 0.3) is 10.8 Å². The Kier molecular flexibility index (Phi) is 4.48. The first kappa shape index (κ1) is 17.1. The lowest BCUT2D eigenvalue weighted by molar-refractivity contribution is 0.459. The van der Waals surface area contributed by atoms with Gasteiger partial charge in [-0.3, -0.25) is 0 Å². The maximum Gasteiger partial charge on any atom is 0.339 e. The maximum absolute atomic E-state index is 12.6. The average molecular weight is 377 g/mol. The van der Waals surface area contributed by atoms with Crippen molar-refractivity contribution >= 4 is 20.9 Å². The molecule has 0 unspecified atom stereocenters. The van der Waals surface area contributed by atoms with Crippen molar-refractivity contribution in [3.8, 4) is 17.4 Å². The van der Waals surface area contributed by atoms with Crippen molar-refractivity contribution < 1.29 is 17.3 Å². The van der Waals surface area contributed by atoms with Crippen molar-refractivity contribution in [2.45, 2.75) is 4.90 Å². The van der Waals surface area contributed by atoms with E-state index in [0.29, 0.717) is 11.6 Å². The van der Waals surface area contributed by atoms with E-state index in [-0.39, 0.29) is 10.6 Å². The molecule has 6 heteroatoms. The van der Waals surface area contributed by atoms with E-state index in [9.17, 15) is 8.42 Å². The van der Waals surface area contributed by atoms with Gasteiger partial charge in [0.25, 0.3) is 0 Å². The monoisotopic (exact) mass is 377 g/mol. The van der Waals surface area contributed by atoms with Crippen LogP contribution in [-0.4, -0.2) is 13.4 Å². The SMILES string of the molecule is O=S(=O)(Oc1ccc(Oc2ccccn2)cc1)c1ccc2ccccc2c1. The van der Waals surface area contributed by atoms with Crippen molar-refractivity contribution in [1.29, 1.82) is 0 Å². The van der Waals surface area contributed by atoms with Crippen LogP contribution in [0.3, 0.4) is 0 Å². The zero-order chi connectivity index (χ0) is 18.7. The molecule has 5 nitrogen and oxygen atoms in total. The number of fused-ring (bicyclic) bond motifs is 1. The van der Waals surface area contributed by atoms with Gasteiger partial charge in [0.05, 0.1) is 0 Å². The van der Waals surface area contributed by atoms with Crippen LogP contribution in [0.2, 0.25) is 0 Å². The first-order valence-electron chi connectivity index (χ1n) is 8.22. The van der Waals surface area contributed by atoms with Gasteiger partial charge in [-0.05, 0) is 53.2 Å². The van der Waals surface area contributed by atoms with Crippen LogP contribution >= 0.6 is 0 Å². The second kappa shape index (κ2) is 7.09. The number of rotatable bonds is 5. The Morgan fingerprint density at radius 2 is 1.41 bits per heavy atom. The van der Waals surface area contributed by atoms with Gasteiger partial charge in [0.1, 0.15) is 16.4 Å². The summed E-state index contributed by atoms with van der Waals surface area (Å²) in [5, 5.41) is 1.80. The van der Waals surface area contributed by atoms with Gasteiger partial charge >= 0.3 is 10.1 Å². The highest BCUT2D eigenvalue weighted by Gasteiger charge is 2.17. The van der Waals surface area contributed by atoms with Gasteiger partial charge in [-0.15, -0.1) is 0 Å². The molecule has 0 amide bonds. The largest absolute Gasteiger partial charge is 0.439 e. The zero-order valence-corrected chi connectivity index (χ0v) is 15.0. The minimum Gasteiger partial charge on any atom is -0.439 e. The standard InChI is InChI=1S/C21H15NO4S/c23-27(24,20-13-8-16-5-1-2-6-17(16)15-20)26-19-11-9-18(10-12-19)25-21-7-3-4-14-22-21/h1-15H. The van der Waals surface area contributed by atoms with Crippen molar-refractivity contribution in [3.05, 3.63) is 91.1 Å². The second-order valence-corrected chi connectivity index (χ2v) is 7.33. The summed E-state index contributed by atoms with van der Waals surface area (Å²) in [6.07, 6.45) is 1.63. The fourth-order valence-electron chi connectivity index (χ4n) is 2.59. The molecule has 0 radical (unpaired) electrons. The number of pyridine rings is 1. The van der Waals surface area contributed by atoms with Crippen LogP contribution in [-0.2, 0) is 10.1 Å². The Bertz CT molecular complexity index is 1170. The number of aromatic nitrogens is 1. The Morgan fingerprint density at radius 3 is 2.15 bits per heavy atom. The van der Waals surface area contributed by atoms with Crippen molar-refractivity contribution in [2.75, 3.05) is 0 Å². The summed E-state index contributed by atoms with van der Waals surface area (Å²) in [6.45, 7) is 0. The molecular weight excluding hydrogens is 362 g/mol. The molecule has 0 bridgehead atoms. The summed E-state index contributed by atoms with van der Waals surface area (Å²) in [7, 11) is -3.93. The van der Waals surface area contributed by atoms with Crippen LogP contribution in [0.4, 0.5) is 0 Å². The van der Waals surface area contributed by atoms with Gasteiger partial charge in [0.15, 0.2) is 0 Å². The summed E-state index contributed by atoms with van der Waals surface area (Å²) in [5.41, 5.74) is 0. The minimum atomic E-state index is -3.93. The summed E-state index contributed by atoms with van der Waals surface area (Å²) in [4.78, 5) is 4.18. The lowest BCUT2D eigenvalue weighted by atomic mass is 10.1. The lowest BCUT2D eigenvalue weighted by Crippen LogP contribution is -2.09. The molecule has 0 aliphatic rings. The lowest BCUT2D eigenvalue weighted by Gasteiger charge is -2.09. The predicted octanol–water partition coefficient (Wildman–Crippen LogP) is 4.79. The zero-order valence-electron chi connectivity index (χ0n) is 14.1. The van der Waals surface area contributed by atoms with Crippen molar-refractivity contribution in [1.82, 2.24) is 4.98 Å². The number of hydrogen-bond donors (Lipinski definition) is 0. The second-order valence-electron chi connectivity index (χ2n) is 5.79. The highest BCUT2D eigenvalue weighted by molar-refractivity contribution is 7.87. The van der Waals surface area contributed by atoms with E-state index in [0.717, 1.165) is 10.8 Å². The Hall–Kier alpha value is -3.38. The third kappa shape index (κ3) is 3.91. The van der Waals surface area contributed by atoms with Crippen LogP contribution in [0.15, 0.2) is 96.0 Å². The van der Waals surface area contributed by atoms with E-state index in [1.165, 1.54) is 18.2 Å². The van der Waals surface area contributed by atoms with E-state index >= 15 is 0 Å². The van der Waals surface area contributed by atoms with Gasteiger partial charge in [0.2, 0.25) is 5.88 Å². The molecule has 1 aromatic heterocycles. The summed E-state index contributed by atoms with van der Waals surface area (Å²) < 4.78 is 35.9. The summed E-state index contributed by atoms with van der Waals surface area (Å²) >= 11 is 0. The van der Waals surface area contributed by atoms with Gasteiger partial charge in [-0.25, -0.2) is 4.98 Å². The quantitative estimate of drug-likeness (QED) is 0.468. The molecule has 0 spiro atoms. The molecular formula is C21H15NO4S. The fraction of sp³-hybridized carbons (Fsp3) is 0. The Morgan fingerprint density at radius 1 is 0.704 bits per heavy atom. The van der Waals surface area contributed by atoms with Gasteiger partial charge in [-0.2, -0.15) is 8.42 Å². The third-order valence-electron chi connectivity index (χ3n) is 3.90. The smallest absolute Gasteiger partial charge is 0.339 e. The van der Waals surface area contributed by atoms with Crippen molar-refractivity contribution in [2.24, 2.45) is 0 Å². The summed E-state index contributed by atoms with van der Waals surface area (Å²) in [6, 6.07) is 24.1. The van der Waals surface area contributed by atoms with Gasteiger partial charge < -0.3 is 8.92 Å². The van der Waals surface area contributed by atoms with E-state index in [4.69, 9.17) is 8.92 Å². The molecule has 134 valence electrons. The molecule has 4 aromatic rings. The molecule has 3 aromatic carbocycles. The molecule has 1 heterocycles. The van der Waals surface area contributed by atoms with E-state index in [2.05, 4.69) is 4.98 Å². The van der Waals surface area contributed by atoms with E-state index in [1.54, 1.807) is 42.6 Å². The highest BCUT2D eigenvalue weighted by Crippen LogP contribution is 2.26. The Labute approximate surface area is 157 Å². The van der Waals surface area contributed by atoms with E-state index < -0.39 is 10.1 Å². The average Bonchev–Trinajstić information content (AvgIpc) is 2.70. The predicted molar refractivity (Wildman–Crippen MR) is 103 cm³/mol. The highest BCUT2D eigenvalue weighted by atomic mass is 32.2. The van der Waals surface area contributed by atoms with E-state index in [1.807, 2.05) is 30.3 Å². The van der Waals surface area contributed by atoms with Crippen molar-refractivity contribution in [3.63, 3.8) is 0 Å². The van der Waals surface area contributed by atoms with Crippen LogP contribution < -0.4 is 8.92 Å². The Balaban J connectivity index is 1.53. The number of benzene rings is 3. The van der Waals surface area contributed by atoms with Gasteiger partial charge in [-0.1, -0.05) is 36.4 Å². The maximum atomic E-state index is 12.6. The van der Waals surface area contributed by atoms with Crippen LogP contribution in [0, 0.1) is 0 Å². The topological polar surface area (TPSA) is 65.5 Å². The fourth-order valence-corrected chi connectivity index (χ4v) is 3.56. The van der Waals surface area contributed by atoms with Crippen LogP contribution in [0.1, 0.15) is 0 Å². The molecule has 27 heavy (non-hydrogen) atoms. The first-order chi connectivity index (χ1) is 13.1. The molecule has 0 fully saturated rings.